The van der Waals surface area contributed by atoms with E-state index in [1.165, 1.54) is 19.2 Å². The molecular formula is C12H14N2O3S. The number of rotatable bonds is 5. The number of aromatic amines is 1. The van der Waals surface area contributed by atoms with Crippen molar-refractivity contribution in [3.63, 3.8) is 0 Å². The molecule has 0 fully saturated rings. The number of benzene rings is 1. The van der Waals surface area contributed by atoms with Crippen molar-refractivity contribution >= 4 is 10.0 Å². The van der Waals surface area contributed by atoms with Gasteiger partial charge in [0.2, 0.25) is 10.0 Å². The summed E-state index contributed by atoms with van der Waals surface area (Å²) in [5.74, 6) is 0.623. The maximum absolute atomic E-state index is 12.0. The second-order valence-electron chi connectivity index (χ2n) is 3.70. The first-order valence-electron chi connectivity index (χ1n) is 5.38. The van der Waals surface area contributed by atoms with Gasteiger partial charge in [0, 0.05) is 11.9 Å². The molecule has 0 atom stereocenters. The van der Waals surface area contributed by atoms with Crippen LogP contribution in [-0.4, -0.2) is 20.5 Å². The highest BCUT2D eigenvalue weighted by molar-refractivity contribution is 7.89. The summed E-state index contributed by atoms with van der Waals surface area (Å²) in [4.78, 5) is 3.15. The van der Waals surface area contributed by atoms with Crippen molar-refractivity contribution in [3.05, 3.63) is 48.3 Å². The number of H-pyrrole nitrogens is 1. The van der Waals surface area contributed by atoms with Gasteiger partial charge in [-0.05, 0) is 36.4 Å². The van der Waals surface area contributed by atoms with E-state index >= 15 is 0 Å². The van der Waals surface area contributed by atoms with E-state index in [4.69, 9.17) is 4.74 Å². The number of hydrogen-bond donors (Lipinski definition) is 2. The topological polar surface area (TPSA) is 71.2 Å². The molecule has 0 aliphatic rings. The minimum absolute atomic E-state index is 0.217. The Bertz CT molecular complexity index is 589. The van der Waals surface area contributed by atoms with Crippen molar-refractivity contribution in [2.75, 3.05) is 7.11 Å². The average molecular weight is 266 g/mol. The molecular weight excluding hydrogens is 252 g/mol. The third-order valence-corrected chi connectivity index (χ3v) is 3.90. The molecule has 0 aliphatic heterocycles. The van der Waals surface area contributed by atoms with Crippen LogP contribution in [0.4, 0.5) is 0 Å². The van der Waals surface area contributed by atoms with Gasteiger partial charge in [0.1, 0.15) is 5.75 Å². The molecule has 0 saturated carbocycles. The molecule has 0 aliphatic carbocycles. The van der Waals surface area contributed by atoms with Crippen LogP contribution >= 0.6 is 0 Å². The molecule has 2 rings (SSSR count). The molecule has 0 unspecified atom stereocenters. The number of methoxy groups -OCH3 is 1. The van der Waals surface area contributed by atoms with E-state index in [0.29, 0.717) is 5.75 Å². The first kappa shape index (κ1) is 12.7. The van der Waals surface area contributed by atoms with Gasteiger partial charge in [-0.3, -0.25) is 0 Å². The Hall–Kier alpha value is -1.79. The zero-order chi connectivity index (χ0) is 13.0. The summed E-state index contributed by atoms with van der Waals surface area (Å²) in [6, 6.07) is 9.88. The highest BCUT2D eigenvalue weighted by Crippen LogP contribution is 2.15. The number of nitrogens with one attached hydrogen (secondary N) is 2. The van der Waals surface area contributed by atoms with Crippen molar-refractivity contribution in [1.82, 2.24) is 9.71 Å². The van der Waals surface area contributed by atoms with Crippen molar-refractivity contribution < 1.29 is 13.2 Å². The van der Waals surface area contributed by atoms with E-state index in [1.807, 2.05) is 12.1 Å². The quantitative estimate of drug-likeness (QED) is 0.861. The van der Waals surface area contributed by atoms with Gasteiger partial charge in [-0.25, -0.2) is 13.1 Å². The van der Waals surface area contributed by atoms with Gasteiger partial charge in [-0.2, -0.15) is 0 Å². The molecule has 1 heterocycles. The lowest BCUT2D eigenvalue weighted by atomic mass is 10.3. The van der Waals surface area contributed by atoms with Gasteiger partial charge in [0.25, 0.3) is 0 Å². The Labute approximate surface area is 106 Å². The third-order valence-electron chi connectivity index (χ3n) is 2.48. The average Bonchev–Trinajstić information content (AvgIpc) is 2.90. The molecule has 0 amide bonds. The zero-order valence-corrected chi connectivity index (χ0v) is 10.7. The molecule has 6 heteroatoms. The van der Waals surface area contributed by atoms with E-state index < -0.39 is 10.0 Å². The molecule has 0 radical (unpaired) electrons. The van der Waals surface area contributed by atoms with Crippen molar-refractivity contribution in [2.24, 2.45) is 0 Å². The van der Waals surface area contributed by atoms with Gasteiger partial charge in [0.05, 0.1) is 18.6 Å². The van der Waals surface area contributed by atoms with E-state index in [9.17, 15) is 8.42 Å². The standard InChI is InChI=1S/C12H14N2O3S/c1-17-11-4-6-12(7-5-11)18(15,16)14-9-10-3-2-8-13-10/h2-8,13-14H,9H2,1H3. The Morgan fingerprint density at radius 1 is 1.22 bits per heavy atom. The summed E-state index contributed by atoms with van der Waals surface area (Å²) >= 11 is 0. The number of aromatic nitrogens is 1. The highest BCUT2D eigenvalue weighted by Gasteiger charge is 2.13. The predicted molar refractivity (Wildman–Crippen MR) is 67.8 cm³/mol. The first-order chi connectivity index (χ1) is 8.62. The summed E-state index contributed by atoms with van der Waals surface area (Å²) < 4.78 is 31.4. The Morgan fingerprint density at radius 3 is 2.50 bits per heavy atom. The van der Waals surface area contributed by atoms with Crippen LogP contribution in [-0.2, 0) is 16.6 Å². The van der Waals surface area contributed by atoms with Gasteiger partial charge < -0.3 is 9.72 Å². The summed E-state index contributed by atoms with van der Waals surface area (Å²) in [6.45, 7) is 0.237. The van der Waals surface area contributed by atoms with Crippen molar-refractivity contribution in [1.29, 1.82) is 0 Å². The molecule has 1 aromatic heterocycles. The largest absolute Gasteiger partial charge is 0.497 e. The normalized spacial score (nSPS) is 11.4. The fraction of sp³-hybridized carbons (Fsp3) is 0.167. The molecule has 2 N–H and O–H groups in total. The van der Waals surface area contributed by atoms with Crippen LogP contribution < -0.4 is 9.46 Å². The second kappa shape index (κ2) is 5.24. The molecule has 5 nitrogen and oxygen atoms in total. The monoisotopic (exact) mass is 266 g/mol. The molecule has 0 bridgehead atoms. The molecule has 96 valence electrons. The summed E-state index contributed by atoms with van der Waals surface area (Å²) in [6.07, 6.45) is 1.75. The van der Waals surface area contributed by atoms with Crippen LogP contribution in [0.3, 0.4) is 0 Å². The van der Waals surface area contributed by atoms with Crippen LogP contribution in [0.15, 0.2) is 47.5 Å². The molecule has 0 saturated heterocycles. The van der Waals surface area contributed by atoms with Crippen LogP contribution in [0.2, 0.25) is 0 Å². The summed E-state index contributed by atoms with van der Waals surface area (Å²) in [5, 5.41) is 0. The number of sulfonamides is 1. The van der Waals surface area contributed by atoms with Crippen LogP contribution in [0.5, 0.6) is 5.75 Å². The van der Waals surface area contributed by atoms with Crippen LogP contribution in [0.1, 0.15) is 5.69 Å². The second-order valence-corrected chi connectivity index (χ2v) is 5.46. The lowest BCUT2D eigenvalue weighted by Gasteiger charge is -2.06. The van der Waals surface area contributed by atoms with Gasteiger partial charge in [0.15, 0.2) is 0 Å². The SMILES string of the molecule is COc1ccc(S(=O)(=O)NCc2ccc[nH]2)cc1. The summed E-state index contributed by atoms with van der Waals surface area (Å²) in [7, 11) is -1.95. The fourth-order valence-corrected chi connectivity index (χ4v) is 2.50. The lowest BCUT2D eigenvalue weighted by molar-refractivity contribution is 0.414. The van der Waals surface area contributed by atoms with Crippen molar-refractivity contribution in [2.45, 2.75) is 11.4 Å². The molecule has 18 heavy (non-hydrogen) atoms. The third kappa shape index (κ3) is 2.91. The maximum Gasteiger partial charge on any atom is 0.240 e. The van der Waals surface area contributed by atoms with Crippen LogP contribution in [0, 0.1) is 0 Å². The van der Waals surface area contributed by atoms with E-state index in [0.717, 1.165) is 5.69 Å². The van der Waals surface area contributed by atoms with Crippen LogP contribution in [0.25, 0.3) is 0 Å². The van der Waals surface area contributed by atoms with E-state index in [2.05, 4.69) is 9.71 Å². The van der Waals surface area contributed by atoms with Crippen molar-refractivity contribution in [3.8, 4) is 5.75 Å². The summed E-state index contributed by atoms with van der Waals surface area (Å²) in [5.41, 5.74) is 0.812. The number of ether oxygens (including phenoxy) is 1. The lowest BCUT2D eigenvalue weighted by Crippen LogP contribution is -2.23. The molecule has 1 aromatic carbocycles. The first-order valence-corrected chi connectivity index (χ1v) is 6.86. The minimum atomic E-state index is -3.49. The Morgan fingerprint density at radius 2 is 1.94 bits per heavy atom. The molecule has 0 spiro atoms. The van der Waals surface area contributed by atoms with E-state index in [-0.39, 0.29) is 11.4 Å². The van der Waals surface area contributed by atoms with E-state index in [1.54, 1.807) is 18.3 Å². The van der Waals surface area contributed by atoms with Gasteiger partial charge in [-0.15, -0.1) is 0 Å². The highest BCUT2D eigenvalue weighted by atomic mass is 32.2. The molecule has 2 aromatic rings. The maximum atomic E-state index is 12.0. The van der Waals surface area contributed by atoms with Gasteiger partial charge in [-0.1, -0.05) is 0 Å². The Kier molecular flexibility index (Phi) is 3.69. The predicted octanol–water partition coefficient (Wildman–Crippen LogP) is 1.50. The Balaban J connectivity index is 2.09. The zero-order valence-electron chi connectivity index (χ0n) is 9.88. The van der Waals surface area contributed by atoms with Gasteiger partial charge >= 0.3 is 0 Å². The number of hydrogen-bond acceptors (Lipinski definition) is 3. The minimum Gasteiger partial charge on any atom is -0.497 e. The fourth-order valence-electron chi connectivity index (χ4n) is 1.49. The smallest absolute Gasteiger partial charge is 0.240 e.